The number of ketones is 1. The molecule has 27 heavy (non-hydrogen) atoms. The minimum atomic E-state index is -0.440. The zero-order chi connectivity index (χ0) is 20.6. The van der Waals surface area contributed by atoms with Gasteiger partial charge >= 0.3 is 0 Å². The number of rotatable bonds is 5. The number of hydrogen-bond acceptors (Lipinski definition) is 3. The van der Waals surface area contributed by atoms with E-state index < -0.39 is 5.82 Å². The van der Waals surface area contributed by atoms with Crippen molar-refractivity contribution in [2.24, 2.45) is 0 Å². The quantitative estimate of drug-likeness (QED) is 0.461. The van der Waals surface area contributed by atoms with Crippen LogP contribution in [0.15, 0.2) is 36.2 Å². The molecule has 1 aliphatic heterocycles. The molecule has 1 aromatic carbocycles. The fourth-order valence-electron chi connectivity index (χ4n) is 3.37. The van der Waals surface area contributed by atoms with Crippen molar-refractivity contribution in [2.75, 3.05) is 12.3 Å². The molecule has 150 valence electrons. The summed E-state index contributed by atoms with van der Waals surface area (Å²) in [4.78, 5) is 13.9. The van der Waals surface area contributed by atoms with Crippen LogP contribution in [0.3, 0.4) is 0 Å². The lowest BCUT2D eigenvalue weighted by molar-refractivity contribution is -0.113. The molecule has 2 N–H and O–H groups in total. The molecule has 3 nitrogen and oxygen atoms in total. The maximum Gasteiger partial charge on any atom is 0.157 e. The van der Waals surface area contributed by atoms with Gasteiger partial charge in [-0.2, -0.15) is 0 Å². The summed E-state index contributed by atoms with van der Waals surface area (Å²) in [7, 11) is 0. The Balaban J connectivity index is 0.00000114. The van der Waals surface area contributed by atoms with Gasteiger partial charge in [-0.25, -0.2) is 4.39 Å². The molecular formula is C22H32ClFN2O. The van der Waals surface area contributed by atoms with Crippen molar-refractivity contribution in [3.8, 4) is 0 Å². The zero-order valence-electron chi connectivity index (χ0n) is 16.9. The second kappa shape index (κ2) is 11.1. The molecule has 1 unspecified atom stereocenters. The van der Waals surface area contributed by atoms with Gasteiger partial charge in [0.1, 0.15) is 0 Å². The first-order chi connectivity index (χ1) is 12.8. The highest BCUT2D eigenvalue weighted by molar-refractivity contribution is 6.31. The van der Waals surface area contributed by atoms with E-state index >= 15 is 0 Å². The fourth-order valence-corrected chi connectivity index (χ4v) is 3.67. The number of allylic oxidation sites excluding steroid dienone is 2. The van der Waals surface area contributed by atoms with Gasteiger partial charge in [0.05, 0.1) is 5.69 Å². The molecular weight excluding hydrogens is 363 g/mol. The zero-order valence-corrected chi connectivity index (χ0v) is 17.7. The number of carbonyl (C=O) groups is 1. The van der Waals surface area contributed by atoms with E-state index in [1.54, 1.807) is 19.2 Å². The molecule has 0 aliphatic carbocycles. The Morgan fingerprint density at radius 1 is 1.41 bits per heavy atom. The molecule has 1 aromatic rings. The molecule has 0 saturated carbocycles. The minimum absolute atomic E-state index is 0.0856. The third kappa shape index (κ3) is 5.83. The third-order valence-corrected chi connectivity index (χ3v) is 4.88. The van der Waals surface area contributed by atoms with Gasteiger partial charge in [-0.1, -0.05) is 51.8 Å². The summed E-state index contributed by atoms with van der Waals surface area (Å²) in [5, 5.41) is 0.392. The molecule has 0 aromatic heterocycles. The number of nitrogens with two attached hydrogens (primary N) is 1. The summed E-state index contributed by atoms with van der Waals surface area (Å²) >= 11 is 6.22. The summed E-state index contributed by atoms with van der Waals surface area (Å²) in [6.45, 7) is 12.3. The highest BCUT2D eigenvalue weighted by Crippen LogP contribution is 2.39. The summed E-state index contributed by atoms with van der Waals surface area (Å²) in [5.74, 6) is -0.438. The number of nitrogen functional groups attached to an aromatic ring is 1. The average molecular weight is 395 g/mol. The molecule has 1 saturated heterocycles. The van der Waals surface area contributed by atoms with E-state index in [4.69, 9.17) is 17.3 Å². The van der Waals surface area contributed by atoms with Crippen molar-refractivity contribution >= 4 is 23.1 Å². The predicted molar refractivity (Wildman–Crippen MR) is 113 cm³/mol. The van der Waals surface area contributed by atoms with Gasteiger partial charge in [0.25, 0.3) is 0 Å². The van der Waals surface area contributed by atoms with Crippen LogP contribution >= 0.6 is 11.6 Å². The van der Waals surface area contributed by atoms with Gasteiger partial charge in [0, 0.05) is 34.3 Å². The summed E-state index contributed by atoms with van der Waals surface area (Å²) in [6.07, 6.45) is 6.02. The van der Waals surface area contributed by atoms with Gasteiger partial charge in [0.2, 0.25) is 0 Å². The lowest BCUT2D eigenvalue weighted by Crippen LogP contribution is -2.31. The van der Waals surface area contributed by atoms with Crippen LogP contribution < -0.4 is 5.73 Å². The summed E-state index contributed by atoms with van der Waals surface area (Å²) in [6, 6.07) is 3.12. The van der Waals surface area contributed by atoms with E-state index in [0.29, 0.717) is 23.6 Å². The Kier molecular flexibility index (Phi) is 9.57. The number of anilines is 1. The molecule has 0 bridgehead atoms. The number of Topliss-reactive ketones (excluding diaryl/α,β-unsaturated/α-hetero) is 1. The maximum atomic E-state index is 14.5. The Hall–Kier alpha value is -1.81. The van der Waals surface area contributed by atoms with Crippen LogP contribution in [-0.2, 0) is 4.79 Å². The van der Waals surface area contributed by atoms with Crippen molar-refractivity contribution in [3.05, 3.63) is 52.6 Å². The minimum Gasteiger partial charge on any atom is -0.396 e. The van der Waals surface area contributed by atoms with Gasteiger partial charge in [0.15, 0.2) is 11.6 Å². The molecule has 2 rings (SSSR count). The van der Waals surface area contributed by atoms with Gasteiger partial charge in [-0.05, 0) is 44.5 Å². The second-order valence-corrected chi connectivity index (χ2v) is 7.28. The van der Waals surface area contributed by atoms with Crippen LogP contribution in [0.1, 0.15) is 71.3 Å². The fraction of sp³-hybridized carbons (Fsp3) is 0.500. The molecule has 1 heterocycles. The van der Waals surface area contributed by atoms with Crippen LogP contribution in [0, 0.1) is 5.82 Å². The number of likely N-dealkylation sites (tertiary alicyclic amines) is 1. The van der Waals surface area contributed by atoms with E-state index in [0.717, 1.165) is 30.5 Å². The van der Waals surface area contributed by atoms with E-state index in [-0.39, 0.29) is 17.4 Å². The molecule has 1 aliphatic rings. The smallest absolute Gasteiger partial charge is 0.157 e. The highest BCUT2D eigenvalue weighted by atomic mass is 35.5. The van der Waals surface area contributed by atoms with E-state index in [9.17, 15) is 9.18 Å². The Labute approximate surface area is 168 Å². The average Bonchev–Trinajstić information content (AvgIpc) is 2.63. The molecule has 1 fully saturated rings. The Morgan fingerprint density at radius 2 is 2.04 bits per heavy atom. The van der Waals surface area contributed by atoms with Gasteiger partial charge < -0.3 is 10.6 Å². The second-order valence-electron chi connectivity index (χ2n) is 6.87. The molecule has 0 spiro atoms. The predicted octanol–water partition coefficient (Wildman–Crippen LogP) is 6.44. The molecule has 0 amide bonds. The molecule has 0 radical (unpaired) electrons. The summed E-state index contributed by atoms with van der Waals surface area (Å²) in [5.41, 5.74) is 8.10. The SMILES string of the molecule is C=CN1CC(c2c(Cl)ccc(N)c2F)CC/C1=C(/CCC)C(C)=O.CCC. The van der Waals surface area contributed by atoms with Crippen molar-refractivity contribution in [1.82, 2.24) is 4.90 Å². The lowest BCUT2D eigenvalue weighted by atomic mass is 9.86. The normalized spacial score (nSPS) is 18.4. The first-order valence-corrected chi connectivity index (χ1v) is 10.0. The van der Waals surface area contributed by atoms with Crippen molar-refractivity contribution in [3.63, 3.8) is 0 Å². The molecule has 1 atom stereocenters. The van der Waals surface area contributed by atoms with Crippen molar-refractivity contribution < 1.29 is 9.18 Å². The number of nitrogens with zero attached hydrogens (tertiary/aromatic N) is 1. The Morgan fingerprint density at radius 3 is 2.56 bits per heavy atom. The third-order valence-electron chi connectivity index (χ3n) is 4.55. The highest BCUT2D eigenvalue weighted by Gasteiger charge is 2.29. The number of hydrogen-bond donors (Lipinski definition) is 1. The summed E-state index contributed by atoms with van der Waals surface area (Å²) < 4.78 is 14.5. The maximum absolute atomic E-state index is 14.5. The molecule has 5 heteroatoms. The van der Waals surface area contributed by atoms with Crippen LogP contribution in [-0.4, -0.2) is 17.2 Å². The topological polar surface area (TPSA) is 46.3 Å². The standard InChI is InChI=1S/C19H24ClFN2O.C3H8/c1-4-6-14(12(3)24)17-10-7-13(11-23(17)5-2)18-15(20)8-9-16(22)19(18)21;1-3-2/h5,8-9,13H,2,4,6-7,10-11,22H2,1,3H3;3H2,1-2H3/b17-14+;. The van der Waals surface area contributed by atoms with E-state index in [2.05, 4.69) is 27.4 Å². The van der Waals surface area contributed by atoms with Crippen LogP contribution in [0.4, 0.5) is 10.1 Å². The lowest BCUT2D eigenvalue weighted by Gasteiger charge is -2.36. The van der Waals surface area contributed by atoms with Crippen LogP contribution in [0.25, 0.3) is 0 Å². The van der Waals surface area contributed by atoms with Crippen LogP contribution in [0.2, 0.25) is 5.02 Å². The van der Waals surface area contributed by atoms with Crippen molar-refractivity contribution in [2.45, 2.75) is 65.7 Å². The Bertz CT molecular complexity index is 700. The van der Waals surface area contributed by atoms with E-state index in [1.807, 2.05) is 4.90 Å². The number of piperidine rings is 1. The van der Waals surface area contributed by atoms with Crippen molar-refractivity contribution in [1.29, 1.82) is 0 Å². The number of carbonyl (C=O) groups excluding carboxylic acids is 1. The number of benzene rings is 1. The monoisotopic (exact) mass is 394 g/mol. The van der Waals surface area contributed by atoms with Gasteiger partial charge in [-0.15, -0.1) is 0 Å². The first kappa shape index (κ1) is 23.2. The first-order valence-electron chi connectivity index (χ1n) is 9.67. The largest absolute Gasteiger partial charge is 0.396 e. The van der Waals surface area contributed by atoms with Crippen LogP contribution in [0.5, 0.6) is 0 Å². The van der Waals surface area contributed by atoms with Gasteiger partial charge in [-0.3, -0.25) is 4.79 Å². The number of halogens is 2. The van der Waals surface area contributed by atoms with E-state index in [1.165, 1.54) is 12.5 Å².